The highest BCUT2D eigenvalue weighted by Gasteiger charge is 1.96. The first-order chi connectivity index (χ1) is 7.38. The smallest absolute Gasteiger partial charge is 0.0447 e. The highest BCUT2D eigenvalue weighted by molar-refractivity contribution is 7.98. The summed E-state index contributed by atoms with van der Waals surface area (Å²) in [4.78, 5) is 5.62. The third kappa shape index (κ3) is 2.83. The summed E-state index contributed by atoms with van der Waals surface area (Å²) in [5.74, 6) is 0. The third-order valence-corrected chi connectivity index (χ3v) is 3.01. The summed E-state index contributed by atoms with van der Waals surface area (Å²) in [5, 5.41) is 0. The molecule has 0 saturated carbocycles. The van der Waals surface area contributed by atoms with Crippen LogP contribution in [0.5, 0.6) is 0 Å². The zero-order valence-electron chi connectivity index (χ0n) is 8.68. The van der Waals surface area contributed by atoms with Gasteiger partial charge in [0.15, 0.2) is 0 Å². The number of benzene rings is 1. The molecule has 0 spiro atoms. The molecule has 15 heavy (non-hydrogen) atoms. The Hall–Kier alpha value is -1.28. The lowest BCUT2D eigenvalue weighted by molar-refractivity contribution is 1.07. The normalized spacial score (nSPS) is 10.2. The lowest BCUT2D eigenvalue weighted by Gasteiger charge is -2.01. The zero-order chi connectivity index (χ0) is 10.5. The van der Waals surface area contributed by atoms with Crippen molar-refractivity contribution in [2.24, 2.45) is 0 Å². The summed E-state index contributed by atoms with van der Waals surface area (Å²) in [6, 6.07) is 14.7. The van der Waals surface area contributed by atoms with E-state index in [-0.39, 0.29) is 0 Å². The molecule has 0 bridgehead atoms. The Morgan fingerprint density at radius 3 is 2.47 bits per heavy atom. The van der Waals surface area contributed by atoms with Crippen molar-refractivity contribution in [3.05, 3.63) is 59.9 Å². The van der Waals surface area contributed by atoms with Gasteiger partial charge in [-0.05, 0) is 36.1 Å². The molecule has 76 valence electrons. The minimum atomic E-state index is 0.912. The second kappa shape index (κ2) is 4.99. The quantitative estimate of drug-likeness (QED) is 0.728. The maximum absolute atomic E-state index is 4.31. The molecule has 1 heterocycles. The van der Waals surface area contributed by atoms with Crippen molar-refractivity contribution in [2.75, 3.05) is 6.26 Å². The topological polar surface area (TPSA) is 12.9 Å². The van der Waals surface area contributed by atoms with E-state index in [4.69, 9.17) is 0 Å². The summed E-state index contributed by atoms with van der Waals surface area (Å²) in [7, 11) is 0. The molecule has 0 fully saturated rings. The molecular formula is C13H13NS. The highest BCUT2D eigenvalue weighted by Crippen LogP contribution is 2.16. The van der Waals surface area contributed by atoms with Crippen LogP contribution in [0.3, 0.4) is 0 Å². The average Bonchev–Trinajstić information content (AvgIpc) is 2.31. The van der Waals surface area contributed by atoms with E-state index >= 15 is 0 Å². The molecule has 0 unspecified atom stereocenters. The monoisotopic (exact) mass is 215 g/mol. The number of rotatable bonds is 3. The van der Waals surface area contributed by atoms with Gasteiger partial charge in [-0.2, -0.15) is 0 Å². The van der Waals surface area contributed by atoms with E-state index in [1.54, 1.807) is 11.8 Å². The van der Waals surface area contributed by atoms with Crippen LogP contribution in [0.25, 0.3) is 0 Å². The van der Waals surface area contributed by atoms with Gasteiger partial charge in [0.1, 0.15) is 0 Å². The Morgan fingerprint density at radius 1 is 1.07 bits per heavy atom. The number of hydrogen-bond acceptors (Lipinski definition) is 2. The van der Waals surface area contributed by atoms with E-state index in [0.29, 0.717) is 0 Å². The van der Waals surface area contributed by atoms with Gasteiger partial charge in [0, 0.05) is 23.2 Å². The Morgan fingerprint density at radius 2 is 1.87 bits per heavy atom. The Bertz CT molecular complexity index is 408. The summed E-state index contributed by atoms with van der Waals surface area (Å²) >= 11 is 1.77. The van der Waals surface area contributed by atoms with E-state index in [1.165, 1.54) is 10.5 Å². The number of pyridine rings is 1. The molecule has 1 aromatic heterocycles. The number of aromatic nitrogens is 1. The largest absolute Gasteiger partial charge is 0.261 e. The summed E-state index contributed by atoms with van der Waals surface area (Å²) in [6.07, 6.45) is 4.84. The van der Waals surface area contributed by atoms with Gasteiger partial charge in [-0.1, -0.05) is 18.2 Å². The van der Waals surface area contributed by atoms with Crippen molar-refractivity contribution in [2.45, 2.75) is 11.3 Å². The van der Waals surface area contributed by atoms with Crippen molar-refractivity contribution < 1.29 is 0 Å². The first kappa shape index (κ1) is 10.2. The maximum atomic E-state index is 4.31. The van der Waals surface area contributed by atoms with Gasteiger partial charge >= 0.3 is 0 Å². The Labute approximate surface area is 94.6 Å². The van der Waals surface area contributed by atoms with Crippen LogP contribution >= 0.6 is 11.8 Å². The molecule has 0 aliphatic rings. The van der Waals surface area contributed by atoms with E-state index in [0.717, 1.165) is 12.1 Å². The van der Waals surface area contributed by atoms with Crippen LogP contribution in [-0.4, -0.2) is 11.2 Å². The number of nitrogens with zero attached hydrogens (tertiary/aromatic N) is 1. The summed E-state index contributed by atoms with van der Waals surface area (Å²) in [5.41, 5.74) is 2.43. The minimum absolute atomic E-state index is 0.912. The molecular weight excluding hydrogens is 202 g/mol. The standard InChI is InChI=1S/C13H13NS/c1-15-13-7-5-11(6-8-13)10-12-4-2-3-9-14-12/h2-9H,10H2,1H3. The average molecular weight is 215 g/mol. The van der Waals surface area contributed by atoms with E-state index in [9.17, 15) is 0 Å². The lowest BCUT2D eigenvalue weighted by Crippen LogP contribution is -1.90. The molecule has 2 rings (SSSR count). The molecule has 0 aliphatic heterocycles. The van der Waals surface area contributed by atoms with Gasteiger partial charge in [-0.3, -0.25) is 4.98 Å². The van der Waals surface area contributed by atoms with Gasteiger partial charge in [0.05, 0.1) is 0 Å². The van der Waals surface area contributed by atoms with E-state index < -0.39 is 0 Å². The fourth-order valence-corrected chi connectivity index (χ4v) is 1.86. The summed E-state index contributed by atoms with van der Waals surface area (Å²) in [6.45, 7) is 0. The van der Waals surface area contributed by atoms with Crippen LogP contribution in [0.4, 0.5) is 0 Å². The van der Waals surface area contributed by atoms with E-state index in [2.05, 4.69) is 41.6 Å². The van der Waals surface area contributed by atoms with Gasteiger partial charge in [0.25, 0.3) is 0 Å². The number of hydrogen-bond donors (Lipinski definition) is 0. The van der Waals surface area contributed by atoms with Crippen LogP contribution in [-0.2, 0) is 6.42 Å². The van der Waals surface area contributed by atoms with Gasteiger partial charge in [-0.15, -0.1) is 11.8 Å². The second-order valence-corrected chi connectivity index (χ2v) is 4.23. The van der Waals surface area contributed by atoms with Crippen LogP contribution in [0, 0.1) is 0 Å². The predicted molar refractivity (Wildman–Crippen MR) is 65.3 cm³/mol. The third-order valence-electron chi connectivity index (χ3n) is 2.27. The van der Waals surface area contributed by atoms with Crippen LogP contribution in [0.15, 0.2) is 53.6 Å². The molecule has 0 aliphatic carbocycles. The number of thioether (sulfide) groups is 1. The van der Waals surface area contributed by atoms with Gasteiger partial charge in [-0.25, -0.2) is 0 Å². The Kier molecular flexibility index (Phi) is 3.41. The minimum Gasteiger partial charge on any atom is -0.261 e. The van der Waals surface area contributed by atoms with Crippen molar-refractivity contribution in [3.63, 3.8) is 0 Å². The van der Waals surface area contributed by atoms with E-state index in [1.807, 2.05) is 18.3 Å². The molecule has 1 aromatic carbocycles. The SMILES string of the molecule is CSc1ccc(Cc2ccccn2)cc1. The van der Waals surface area contributed by atoms with Crippen molar-refractivity contribution >= 4 is 11.8 Å². The Balaban J connectivity index is 2.11. The second-order valence-electron chi connectivity index (χ2n) is 3.35. The predicted octanol–water partition coefficient (Wildman–Crippen LogP) is 3.39. The summed E-state index contributed by atoms with van der Waals surface area (Å²) < 4.78 is 0. The maximum Gasteiger partial charge on any atom is 0.0447 e. The van der Waals surface area contributed by atoms with Gasteiger partial charge < -0.3 is 0 Å². The molecule has 0 atom stereocenters. The van der Waals surface area contributed by atoms with Crippen molar-refractivity contribution in [1.82, 2.24) is 4.98 Å². The molecule has 0 amide bonds. The highest BCUT2D eigenvalue weighted by atomic mass is 32.2. The molecule has 2 aromatic rings. The van der Waals surface area contributed by atoms with Crippen LogP contribution in [0.2, 0.25) is 0 Å². The molecule has 0 saturated heterocycles. The first-order valence-corrected chi connectivity index (χ1v) is 6.14. The lowest BCUT2D eigenvalue weighted by atomic mass is 10.1. The fourth-order valence-electron chi connectivity index (χ4n) is 1.46. The fraction of sp³-hybridized carbons (Fsp3) is 0.154. The molecule has 0 N–H and O–H groups in total. The zero-order valence-corrected chi connectivity index (χ0v) is 9.50. The first-order valence-electron chi connectivity index (χ1n) is 4.91. The van der Waals surface area contributed by atoms with Crippen molar-refractivity contribution in [1.29, 1.82) is 0 Å². The van der Waals surface area contributed by atoms with Crippen molar-refractivity contribution in [3.8, 4) is 0 Å². The van der Waals surface area contributed by atoms with Gasteiger partial charge in [0.2, 0.25) is 0 Å². The molecule has 0 radical (unpaired) electrons. The molecule has 1 nitrogen and oxygen atoms in total. The van der Waals surface area contributed by atoms with Crippen LogP contribution < -0.4 is 0 Å². The molecule has 2 heteroatoms. The van der Waals surface area contributed by atoms with Crippen LogP contribution in [0.1, 0.15) is 11.3 Å².